The number of benzene rings is 2. The average molecular weight is 279 g/mol. The number of nitriles is 1. The third-order valence-electron chi connectivity index (χ3n) is 3.07. The predicted molar refractivity (Wildman–Crippen MR) is 82.8 cm³/mol. The van der Waals surface area contributed by atoms with Crippen molar-refractivity contribution in [3.63, 3.8) is 0 Å². The second-order valence-electron chi connectivity index (χ2n) is 4.65. The van der Waals surface area contributed by atoms with Gasteiger partial charge >= 0.3 is 0 Å². The van der Waals surface area contributed by atoms with Crippen LogP contribution in [0.15, 0.2) is 42.5 Å². The van der Waals surface area contributed by atoms with Crippen LogP contribution in [0.2, 0.25) is 0 Å². The van der Waals surface area contributed by atoms with Crippen LogP contribution in [-0.2, 0) is 6.54 Å². The van der Waals surface area contributed by atoms with Crippen LogP contribution < -0.4 is 5.32 Å². The lowest BCUT2D eigenvalue weighted by Crippen LogP contribution is -1.98. The van der Waals surface area contributed by atoms with Crippen molar-refractivity contribution in [3.05, 3.63) is 59.2 Å². The smallest absolute Gasteiger partial charge is 0.184 e. The molecule has 0 aliphatic heterocycles. The highest BCUT2D eigenvalue weighted by Gasteiger charge is 2.03. The molecule has 98 valence electrons. The largest absolute Gasteiger partial charge is 0.357 e. The van der Waals surface area contributed by atoms with Crippen LogP contribution in [0.25, 0.3) is 10.2 Å². The van der Waals surface area contributed by atoms with E-state index in [0.717, 1.165) is 16.2 Å². The summed E-state index contributed by atoms with van der Waals surface area (Å²) in [4.78, 5) is 4.56. The van der Waals surface area contributed by atoms with Crippen molar-refractivity contribution in [3.8, 4) is 6.07 Å². The van der Waals surface area contributed by atoms with Crippen molar-refractivity contribution in [2.24, 2.45) is 0 Å². The van der Waals surface area contributed by atoms with Crippen molar-refractivity contribution in [1.29, 1.82) is 5.26 Å². The highest BCUT2D eigenvalue weighted by Crippen LogP contribution is 2.26. The molecule has 4 heteroatoms. The van der Waals surface area contributed by atoms with Gasteiger partial charge in [0.15, 0.2) is 5.13 Å². The number of thiazole rings is 1. The third kappa shape index (κ3) is 2.63. The maximum atomic E-state index is 8.77. The SMILES string of the molecule is Cc1ccc2nc(NCc3ccc(C#N)cc3)sc2c1. The quantitative estimate of drug-likeness (QED) is 0.785. The second-order valence-corrected chi connectivity index (χ2v) is 5.68. The predicted octanol–water partition coefficient (Wildman–Crippen LogP) is 4.09. The molecule has 0 saturated heterocycles. The summed E-state index contributed by atoms with van der Waals surface area (Å²) in [5.41, 5.74) is 4.10. The fourth-order valence-electron chi connectivity index (χ4n) is 1.98. The van der Waals surface area contributed by atoms with Crippen molar-refractivity contribution in [2.75, 3.05) is 5.32 Å². The first-order chi connectivity index (χ1) is 9.74. The lowest BCUT2D eigenvalue weighted by molar-refractivity contribution is 1.14. The van der Waals surface area contributed by atoms with E-state index in [2.05, 4.69) is 35.4 Å². The van der Waals surface area contributed by atoms with Crippen LogP contribution in [0, 0.1) is 18.3 Å². The summed E-state index contributed by atoms with van der Waals surface area (Å²) in [6.45, 7) is 2.80. The van der Waals surface area contributed by atoms with Crippen LogP contribution >= 0.6 is 11.3 Å². The van der Waals surface area contributed by atoms with Gasteiger partial charge in [0.1, 0.15) is 0 Å². The van der Waals surface area contributed by atoms with Gasteiger partial charge in [-0.15, -0.1) is 0 Å². The Morgan fingerprint density at radius 3 is 2.75 bits per heavy atom. The fraction of sp³-hybridized carbons (Fsp3) is 0.125. The Kier molecular flexibility index (Phi) is 3.36. The summed E-state index contributed by atoms with van der Waals surface area (Å²) in [6, 6.07) is 16.0. The summed E-state index contributed by atoms with van der Waals surface area (Å²) >= 11 is 1.66. The van der Waals surface area contributed by atoms with Crippen LogP contribution in [-0.4, -0.2) is 4.98 Å². The number of aryl methyl sites for hydroxylation is 1. The van der Waals surface area contributed by atoms with Gasteiger partial charge in [0.25, 0.3) is 0 Å². The minimum absolute atomic E-state index is 0.684. The summed E-state index contributed by atoms with van der Waals surface area (Å²) < 4.78 is 1.20. The maximum absolute atomic E-state index is 8.77. The molecule has 2 aromatic carbocycles. The molecule has 3 nitrogen and oxygen atoms in total. The van der Waals surface area contributed by atoms with Gasteiger partial charge < -0.3 is 5.32 Å². The zero-order chi connectivity index (χ0) is 13.9. The van der Waals surface area contributed by atoms with Crippen molar-refractivity contribution >= 4 is 26.7 Å². The van der Waals surface area contributed by atoms with Gasteiger partial charge in [-0.1, -0.05) is 29.5 Å². The van der Waals surface area contributed by atoms with Crippen LogP contribution in [0.5, 0.6) is 0 Å². The summed E-state index contributed by atoms with van der Waals surface area (Å²) in [5, 5.41) is 13.0. The molecule has 1 heterocycles. The van der Waals surface area contributed by atoms with Gasteiger partial charge in [-0.05, 0) is 42.3 Å². The van der Waals surface area contributed by atoms with Crippen LogP contribution in [0.3, 0.4) is 0 Å². The first-order valence-corrected chi connectivity index (χ1v) is 7.16. The first kappa shape index (κ1) is 12.6. The number of anilines is 1. The molecule has 1 N–H and O–H groups in total. The Balaban J connectivity index is 1.74. The minimum atomic E-state index is 0.684. The number of nitrogens with zero attached hydrogens (tertiary/aromatic N) is 2. The minimum Gasteiger partial charge on any atom is -0.357 e. The Morgan fingerprint density at radius 1 is 1.20 bits per heavy atom. The monoisotopic (exact) mass is 279 g/mol. The van der Waals surface area contributed by atoms with Gasteiger partial charge in [0.2, 0.25) is 0 Å². The van der Waals surface area contributed by atoms with Crippen LogP contribution in [0.1, 0.15) is 16.7 Å². The molecular weight excluding hydrogens is 266 g/mol. The molecule has 3 rings (SSSR count). The lowest BCUT2D eigenvalue weighted by atomic mass is 10.1. The summed E-state index contributed by atoms with van der Waals surface area (Å²) in [7, 11) is 0. The van der Waals surface area contributed by atoms with E-state index >= 15 is 0 Å². The van der Waals surface area contributed by atoms with E-state index in [0.29, 0.717) is 12.1 Å². The van der Waals surface area contributed by atoms with Crippen molar-refractivity contribution < 1.29 is 0 Å². The molecule has 0 atom stereocenters. The highest BCUT2D eigenvalue weighted by atomic mass is 32.1. The van der Waals surface area contributed by atoms with E-state index in [9.17, 15) is 0 Å². The Labute approximate surface area is 121 Å². The summed E-state index contributed by atoms with van der Waals surface area (Å²) in [5.74, 6) is 0. The second kappa shape index (κ2) is 5.32. The zero-order valence-corrected chi connectivity index (χ0v) is 11.9. The molecule has 0 radical (unpaired) electrons. The standard InChI is InChI=1S/C16H13N3S/c1-11-2-7-14-15(8-11)20-16(19-14)18-10-13-5-3-12(9-17)4-6-13/h2-8H,10H2,1H3,(H,18,19). The summed E-state index contributed by atoms with van der Waals surface area (Å²) in [6.07, 6.45) is 0. The molecular formula is C16H13N3S. The molecule has 3 aromatic rings. The number of nitrogens with one attached hydrogen (secondary N) is 1. The van der Waals surface area contributed by atoms with Crippen molar-refractivity contribution in [2.45, 2.75) is 13.5 Å². The molecule has 0 amide bonds. The molecule has 20 heavy (non-hydrogen) atoms. The topological polar surface area (TPSA) is 48.7 Å². The van der Waals surface area contributed by atoms with Gasteiger partial charge in [-0.2, -0.15) is 5.26 Å². The van der Waals surface area contributed by atoms with Gasteiger partial charge in [-0.25, -0.2) is 4.98 Å². The van der Waals surface area contributed by atoms with Gasteiger partial charge in [0.05, 0.1) is 21.8 Å². The molecule has 0 fully saturated rings. The number of aromatic nitrogens is 1. The lowest BCUT2D eigenvalue weighted by Gasteiger charge is -2.02. The molecule has 0 aliphatic rings. The van der Waals surface area contributed by atoms with Gasteiger partial charge in [0, 0.05) is 6.54 Å². The molecule has 1 aromatic heterocycles. The number of hydrogen-bond donors (Lipinski definition) is 1. The van der Waals surface area contributed by atoms with Gasteiger partial charge in [-0.3, -0.25) is 0 Å². The molecule has 0 saturated carbocycles. The number of hydrogen-bond acceptors (Lipinski definition) is 4. The van der Waals surface area contributed by atoms with E-state index in [1.165, 1.54) is 10.3 Å². The van der Waals surface area contributed by atoms with E-state index in [1.807, 2.05) is 30.3 Å². The normalized spacial score (nSPS) is 10.4. The molecule has 0 aliphatic carbocycles. The third-order valence-corrected chi connectivity index (χ3v) is 4.05. The molecule has 0 bridgehead atoms. The van der Waals surface area contributed by atoms with Crippen molar-refractivity contribution in [1.82, 2.24) is 4.98 Å². The Hall–Kier alpha value is -2.38. The maximum Gasteiger partial charge on any atom is 0.184 e. The van der Waals surface area contributed by atoms with E-state index in [4.69, 9.17) is 5.26 Å². The van der Waals surface area contributed by atoms with E-state index < -0.39 is 0 Å². The van der Waals surface area contributed by atoms with E-state index in [1.54, 1.807) is 11.3 Å². The number of fused-ring (bicyclic) bond motifs is 1. The highest BCUT2D eigenvalue weighted by molar-refractivity contribution is 7.22. The zero-order valence-electron chi connectivity index (χ0n) is 11.1. The first-order valence-electron chi connectivity index (χ1n) is 6.35. The molecule has 0 spiro atoms. The molecule has 0 unspecified atom stereocenters. The van der Waals surface area contributed by atoms with Crippen LogP contribution in [0.4, 0.5) is 5.13 Å². The average Bonchev–Trinajstić information content (AvgIpc) is 2.87. The number of rotatable bonds is 3. The fourth-order valence-corrected chi connectivity index (χ4v) is 2.94. The Bertz CT molecular complexity index is 782. The Morgan fingerprint density at radius 2 is 2.00 bits per heavy atom. The van der Waals surface area contributed by atoms with E-state index in [-0.39, 0.29) is 0 Å².